The normalized spacial score (nSPS) is 11.9. The maximum atomic E-state index is 12.3. The van der Waals surface area contributed by atoms with E-state index in [1.54, 1.807) is 0 Å². The lowest BCUT2D eigenvalue weighted by molar-refractivity contribution is -0.121. The molecule has 0 aromatic heterocycles. The zero-order valence-electron chi connectivity index (χ0n) is 13.0. The number of amides is 1. The highest BCUT2D eigenvalue weighted by Crippen LogP contribution is 2.17. The molecule has 0 aliphatic heterocycles. The van der Waals surface area contributed by atoms with E-state index in [1.165, 1.54) is 31.3 Å². The van der Waals surface area contributed by atoms with E-state index in [9.17, 15) is 13.2 Å². The number of carbonyl (C=O) groups is 1. The van der Waals surface area contributed by atoms with Crippen molar-refractivity contribution in [3.63, 3.8) is 0 Å². The molecule has 1 amide bonds. The Bertz CT molecular complexity index is 588. The molecule has 124 valence electrons. The van der Waals surface area contributed by atoms with E-state index in [2.05, 4.69) is 5.32 Å². The number of nitrogens with one attached hydrogen (secondary N) is 1. The number of rotatable bonds is 8. The number of nitrogens with zero attached hydrogens (tertiary/aromatic N) is 2. The van der Waals surface area contributed by atoms with Gasteiger partial charge in [0.2, 0.25) is 15.9 Å². The molecule has 0 atom stereocenters. The molecular weight excluding hydrogens is 326 g/mol. The molecule has 0 aliphatic carbocycles. The van der Waals surface area contributed by atoms with Crippen LogP contribution in [0.1, 0.15) is 6.42 Å². The third-order valence-corrected chi connectivity index (χ3v) is 5.06. The first kappa shape index (κ1) is 18.9. The van der Waals surface area contributed by atoms with Crippen LogP contribution in [0.15, 0.2) is 29.2 Å². The molecule has 22 heavy (non-hydrogen) atoms. The fraction of sp³-hybridized carbons (Fsp3) is 0.500. The summed E-state index contributed by atoms with van der Waals surface area (Å²) in [5.41, 5.74) is 0. The van der Waals surface area contributed by atoms with E-state index in [0.29, 0.717) is 11.6 Å². The van der Waals surface area contributed by atoms with Gasteiger partial charge in [-0.2, -0.15) is 4.31 Å². The van der Waals surface area contributed by atoms with Gasteiger partial charge in [-0.3, -0.25) is 4.79 Å². The molecule has 1 N–H and O–H groups in total. The predicted octanol–water partition coefficient (Wildman–Crippen LogP) is 1.03. The van der Waals surface area contributed by atoms with Crippen molar-refractivity contribution in [1.29, 1.82) is 0 Å². The van der Waals surface area contributed by atoms with Crippen LogP contribution in [0, 0.1) is 0 Å². The molecule has 0 fully saturated rings. The van der Waals surface area contributed by atoms with Gasteiger partial charge < -0.3 is 10.2 Å². The second-order valence-corrected chi connectivity index (χ2v) is 7.70. The standard InChI is InChI=1S/C14H22ClN3O3S/c1-17(2)10-4-9-16-14(19)11-18(3)22(20,21)13-7-5-12(15)6-8-13/h5-8H,4,9-11H2,1-3H3,(H,16,19). The molecule has 6 nitrogen and oxygen atoms in total. The van der Waals surface area contributed by atoms with Gasteiger partial charge in [-0.25, -0.2) is 8.42 Å². The summed E-state index contributed by atoms with van der Waals surface area (Å²) in [6.45, 7) is 1.16. The van der Waals surface area contributed by atoms with E-state index in [-0.39, 0.29) is 17.3 Å². The molecule has 0 bridgehead atoms. The monoisotopic (exact) mass is 347 g/mol. The van der Waals surface area contributed by atoms with Gasteiger partial charge in [0.05, 0.1) is 11.4 Å². The molecule has 1 aromatic rings. The van der Waals surface area contributed by atoms with Crippen LogP contribution in [0.2, 0.25) is 5.02 Å². The van der Waals surface area contributed by atoms with Gasteiger partial charge >= 0.3 is 0 Å². The number of sulfonamides is 1. The smallest absolute Gasteiger partial charge is 0.243 e. The van der Waals surface area contributed by atoms with Crippen LogP contribution in [0.3, 0.4) is 0 Å². The van der Waals surface area contributed by atoms with Gasteiger partial charge in [0.15, 0.2) is 0 Å². The Hall–Kier alpha value is -1.15. The van der Waals surface area contributed by atoms with Crippen LogP contribution >= 0.6 is 11.6 Å². The van der Waals surface area contributed by atoms with Crippen molar-refractivity contribution in [3.05, 3.63) is 29.3 Å². The Morgan fingerprint density at radius 2 is 1.77 bits per heavy atom. The maximum absolute atomic E-state index is 12.3. The van der Waals surface area contributed by atoms with E-state index in [0.717, 1.165) is 17.3 Å². The lowest BCUT2D eigenvalue weighted by Gasteiger charge is -2.17. The van der Waals surface area contributed by atoms with Crippen LogP contribution in [-0.4, -0.2) is 64.3 Å². The molecule has 0 saturated heterocycles. The molecular formula is C14H22ClN3O3S. The Labute approximate surface area is 137 Å². The first-order valence-electron chi connectivity index (χ1n) is 6.87. The van der Waals surface area contributed by atoms with Crippen molar-refractivity contribution in [2.24, 2.45) is 0 Å². The minimum atomic E-state index is -3.69. The fourth-order valence-electron chi connectivity index (χ4n) is 1.75. The minimum Gasteiger partial charge on any atom is -0.355 e. The van der Waals surface area contributed by atoms with E-state index in [1.807, 2.05) is 19.0 Å². The van der Waals surface area contributed by atoms with E-state index >= 15 is 0 Å². The Morgan fingerprint density at radius 3 is 2.32 bits per heavy atom. The Morgan fingerprint density at radius 1 is 1.18 bits per heavy atom. The number of carbonyl (C=O) groups excluding carboxylic acids is 1. The number of hydrogen-bond donors (Lipinski definition) is 1. The number of halogens is 1. The summed E-state index contributed by atoms with van der Waals surface area (Å²) in [6.07, 6.45) is 0.812. The molecule has 1 rings (SSSR count). The Kier molecular flexibility index (Phi) is 7.28. The fourth-order valence-corrected chi connectivity index (χ4v) is 3.01. The average molecular weight is 348 g/mol. The Balaban J connectivity index is 2.54. The first-order chi connectivity index (χ1) is 10.2. The largest absolute Gasteiger partial charge is 0.355 e. The second kappa shape index (κ2) is 8.47. The third kappa shape index (κ3) is 5.92. The molecule has 0 radical (unpaired) electrons. The summed E-state index contributed by atoms with van der Waals surface area (Å²) in [5, 5.41) is 3.17. The highest BCUT2D eigenvalue weighted by molar-refractivity contribution is 7.89. The highest BCUT2D eigenvalue weighted by atomic mass is 35.5. The van der Waals surface area contributed by atoms with Gasteiger partial charge in [0, 0.05) is 18.6 Å². The quantitative estimate of drug-likeness (QED) is 0.713. The molecule has 0 aliphatic rings. The zero-order chi connectivity index (χ0) is 16.8. The van der Waals surface area contributed by atoms with Crippen LogP contribution in [0.5, 0.6) is 0 Å². The van der Waals surface area contributed by atoms with Gasteiger partial charge in [0.25, 0.3) is 0 Å². The van der Waals surface area contributed by atoms with Crippen molar-refractivity contribution in [2.75, 3.05) is 40.8 Å². The van der Waals surface area contributed by atoms with Crippen molar-refractivity contribution in [3.8, 4) is 0 Å². The van der Waals surface area contributed by atoms with Crippen LogP contribution in [-0.2, 0) is 14.8 Å². The summed E-state index contributed by atoms with van der Waals surface area (Å²) in [4.78, 5) is 13.9. The minimum absolute atomic E-state index is 0.111. The van der Waals surface area contributed by atoms with Crippen molar-refractivity contribution >= 4 is 27.5 Å². The average Bonchev–Trinajstić information content (AvgIpc) is 2.43. The van der Waals surface area contributed by atoms with Crippen LogP contribution < -0.4 is 5.32 Å². The molecule has 0 spiro atoms. The zero-order valence-corrected chi connectivity index (χ0v) is 14.6. The number of hydrogen-bond acceptors (Lipinski definition) is 4. The molecule has 0 heterocycles. The molecule has 1 aromatic carbocycles. The van der Waals surface area contributed by atoms with Gasteiger partial charge in [-0.05, 0) is 51.3 Å². The maximum Gasteiger partial charge on any atom is 0.243 e. The van der Waals surface area contributed by atoms with Crippen molar-refractivity contribution in [2.45, 2.75) is 11.3 Å². The lowest BCUT2D eigenvalue weighted by atomic mass is 10.4. The third-order valence-electron chi connectivity index (χ3n) is 2.99. The van der Waals surface area contributed by atoms with Crippen molar-refractivity contribution < 1.29 is 13.2 Å². The summed E-state index contributed by atoms with van der Waals surface area (Å²) in [5.74, 6) is -0.321. The van der Waals surface area contributed by atoms with Crippen LogP contribution in [0.25, 0.3) is 0 Å². The van der Waals surface area contributed by atoms with Crippen LogP contribution in [0.4, 0.5) is 0 Å². The summed E-state index contributed by atoms with van der Waals surface area (Å²) in [7, 11) is 1.59. The number of likely N-dealkylation sites (N-methyl/N-ethyl adjacent to an activating group) is 1. The van der Waals surface area contributed by atoms with E-state index < -0.39 is 10.0 Å². The van der Waals surface area contributed by atoms with Gasteiger partial charge in [0.1, 0.15) is 0 Å². The molecule has 0 saturated carbocycles. The second-order valence-electron chi connectivity index (χ2n) is 5.22. The first-order valence-corrected chi connectivity index (χ1v) is 8.68. The molecule has 0 unspecified atom stereocenters. The summed E-state index contributed by atoms with van der Waals surface area (Å²) >= 11 is 5.74. The van der Waals surface area contributed by atoms with E-state index in [4.69, 9.17) is 11.6 Å². The molecule has 8 heteroatoms. The topological polar surface area (TPSA) is 69.7 Å². The summed E-state index contributed by atoms with van der Waals surface area (Å²) in [6, 6.07) is 5.85. The number of benzene rings is 1. The SMILES string of the molecule is CN(C)CCCNC(=O)CN(C)S(=O)(=O)c1ccc(Cl)cc1. The van der Waals surface area contributed by atoms with Gasteiger partial charge in [-0.1, -0.05) is 11.6 Å². The predicted molar refractivity (Wildman–Crippen MR) is 87.4 cm³/mol. The highest BCUT2D eigenvalue weighted by Gasteiger charge is 2.22. The van der Waals surface area contributed by atoms with Gasteiger partial charge in [-0.15, -0.1) is 0 Å². The lowest BCUT2D eigenvalue weighted by Crippen LogP contribution is -2.39. The summed E-state index contributed by atoms with van der Waals surface area (Å²) < 4.78 is 25.6. The van der Waals surface area contributed by atoms with Crippen molar-refractivity contribution in [1.82, 2.24) is 14.5 Å².